The third kappa shape index (κ3) is 4.77. The van der Waals surface area contributed by atoms with E-state index in [1.54, 1.807) is 0 Å². The van der Waals surface area contributed by atoms with Gasteiger partial charge in [0.05, 0.1) is 24.8 Å². The smallest absolute Gasteiger partial charge is 0.265 e. The minimum atomic E-state index is -4.34. The van der Waals surface area contributed by atoms with Crippen molar-refractivity contribution in [1.29, 1.82) is 0 Å². The van der Waals surface area contributed by atoms with E-state index in [0.717, 1.165) is 10.4 Å². The number of hydrogen-bond acceptors (Lipinski definition) is 6. The van der Waals surface area contributed by atoms with Crippen molar-refractivity contribution < 1.29 is 31.9 Å². The molecule has 1 heterocycles. The highest BCUT2D eigenvalue weighted by atomic mass is 32.2. The van der Waals surface area contributed by atoms with E-state index in [9.17, 15) is 22.4 Å². The van der Waals surface area contributed by atoms with Crippen molar-refractivity contribution >= 4 is 28.0 Å². The van der Waals surface area contributed by atoms with Crippen LogP contribution >= 0.6 is 0 Å². The number of amides is 2. The van der Waals surface area contributed by atoms with E-state index >= 15 is 0 Å². The molecule has 9 nitrogen and oxygen atoms in total. The molecule has 0 bridgehead atoms. The van der Waals surface area contributed by atoms with E-state index in [0.29, 0.717) is 25.2 Å². The average Bonchev–Trinajstić information content (AvgIpc) is 2.82. The maximum atomic E-state index is 14.6. The van der Waals surface area contributed by atoms with Crippen LogP contribution in [0.5, 0.6) is 11.5 Å². The molecule has 0 spiro atoms. The topological polar surface area (TPSA) is 96.5 Å². The fraction of sp³-hybridized carbons (Fsp3) is 0.333. The van der Waals surface area contributed by atoms with Crippen LogP contribution in [0.2, 0.25) is 0 Å². The van der Waals surface area contributed by atoms with Crippen LogP contribution in [0.1, 0.15) is 0 Å². The summed E-state index contributed by atoms with van der Waals surface area (Å²) in [7, 11) is -1.56. The zero-order chi connectivity index (χ0) is 23.3. The minimum Gasteiger partial charge on any atom is -0.493 e. The lowest BCUT2D eigenvalue weighted by molar-refractivity contribution is -0.133. The summed E-state index contributed by atoms with van der Waals surface area (Å²) in [6.45, 7) is 0.617. The van der Waals surface area contributed by atoms with E-state index in [1.165, 1.54) is 60.4 Å². The van der Waals surface area contributed by atoms with E-state index < -0.39 is 28.3 Å². The fourth-order valence-electron chi connectivity index (χ4n) is 3.36. The molecule has 3 rings (SSSR count). The Morgan fingerprint density at radius 3 is 2.31 bits per heavy atom. The molecule has 0 aliphatic carbocycles. The van der Waals surface area contributed by atoms with Gasteiger partial charge >= 0.3 is 0 Å². The molecular weight excluding hydrogens is 441 g/mol. The number of halogens is 1. The van der Waals surface area contributed by atoms with Crippen LogP contribution in [0.4, 0.5) is 10.1 Å². The molecule has 11 heteroatoms. The van der Waals surface area contributed by atoms with Gasteiger partial charge in [-0.25, -0.2) is 12.8 Å². The highest BCUT2D eigenvalue weighted by Crippen LogP contribution is 2.33. The van der Waals surface area contributed by atoms with Gasteiger partial charge in [0.25, 0.3) is 10.0 Å². The van der Waals surface area contributed by atoms with Crippen LogP contribution in [-0.4, -0.2) is 77.5 Å². The molecule has 0 N–H and O–H groups in total. The van der Waals surface area contributed by atoms with Crippen LogP contribution < -0.4 is 13.8 Å². The number of ether oxygens (including phenoxy) is 2. The summed E-state index contributed by atoms with van der Waals surface area (Å²) in [4.78, 5) is 26.6. The summed E-state index contributed by atoms with van der Waals surface area (Å²) < 4.78 is 52.7. The number of para-hydroxylation sites is 1. The molecule has 1 saturated heterocycles. The quantitative estimate of drug-likeness (QED) is 0.546. The van der Waals surface area contributed by atoms with E-state index in [-0.39, 0.29) is 29.4 Å². The third-order valence-corrected chi connectivity index (χ3v) is 6.91. The van der Waals surface area contributed by atoms with Gasteiger partial charge in [-0.3, -0.25) is 13.9 Å². The minimum absolute atomic E-state index is 0.179. The highest BCUT2D eigenvalue weighted by molar-refractivity contribution is 7.92. The molecule has 1 aliphatic heterocycles. The first-order valence-electron chi connectivity index (χ1n) is 9.78. The summed E-state index contributed by atoms with van der Waals surface area (Å²) in [5, 5.41) is 0. The largest absolute Gasteiger partial charge is 0.493 e. The van der Waals surface area contributed by atoms with Gasteiger partial charge in [0.1, 0.15) is 12.4 Å². The average molecular weight is 466 g/mol. The normalized spacial score (nSPS) is 14.1. The van der Waals surface area contributed by atoms with Crippen molar-refractivity contribution in [2.75, 3.05) is 51.2 Å². The number of sulfonamides is 1. The van der Waals surface area contributed by atoms with Crippen molar-refractivity contribution in [1.82, 2.24) is 9.80 Å². The van der Waals surface area contributed by atoms with Crippen LogP contribution in [0.25, 0.3) is 0 Å². The van der Waals surface area contributed by atoms with E-state index in [4.69, 9.17) is 9.47 Å². The lowest BCUT2D eigenvalue weighted by Crippen LogP contribution is -2.51. The molecule has 32 heavy (non-hydrogen) atoms. The number of piperazine rings is 1. The van der Waals surface area contributed by atoms with Gasteiger partial charge in [-0.05, 0) is 24.3 Å². The maximum Gasteiger partial charge on any atom is 0.265 e. The second kappa shape index (κ2) is 9.86. The monoisotopic (exact) mass is 465 g/mol. The summed E-state index contributed by atoms with van der Waals surface area (Å²) in [6.07, 6.45) is 0.703. The summed E-state index contributed by atoms with van der Waals surface area (Å²) in [5.74, 6) is -0.774. The zero-order valence-corrected chi connectivity index (χ0v) is 18.5. The Labute approximate surface area is 186 Å². The third-order valence-electron chi connectivity index (χ3n) is 5.16. The van der Waals surface area contributed by atoms with Crippen LogP contribution in [0.3, 0.4) is 0 Å². The molecule has 0 unspecified atom stereocenters. The second-order valence-electron chi connectivity index (χ2n) is 7.00. The molecule has 172 valence electrons. The number of rotatable bonds is 8. The lowest BCUT2D eigenvalue weighted by atomic mass is 10.3. The standard InChI is InChI=1S/C21H24FN3O6S/c1-30-19-8-7-16(13-20(19)31-2)32(28,29)25(18-6-4-3-5-17(18)22)14-21(27)24-11-9-23(15-26)10-12-24/h3-8,13,15H,9-12,14H2,1-2H3. The van der Waals surface area contributed by atoms with Crippen molar-refractivity contribution in [2.24, 2.45) is 0 Å². The molecule has 0 radical (unpaired) electrons. The molecule has 1 aliphatic rings. The van der Waals surface area contributed by atoms with E-state index in [1.807, 2.05) is 0 Å². The Morgan fingerprint density at radius 1 is 1.06 bits per heavy atom. The second-order valence-corrected chi connectivity index (χ2v) is 8.86. The van der Waals surface area contributed by atoms with Gasteiger partial charge in [0.2, 0.25) is 12.3 Å². The number of hydrogen-bond donors (Lipinski definition) is 0. The van der Waals surface area contributed by atoms with Gasteiger partial charge < -0.3 is 19.3 Å². The predicted octanol–water partition coefficient (Wildman–Crippen LogP) is 1.34. The van der Waals surface area contributed by atoms with Gasteiger partial charge in [-0.15, -0.1) is 0 Å². The van der Waals surface area contributed by atoms with Crippen LogP contribution in [0, 0.1) is 5.82 Å². The molecule has 1 fully saturated rings. The van der Waals surface area contributed by atoms with Gasteiger partial charge in [-0.2, -0.15) is 0 Å². The number of benzene rings is 2. The number of anilines is 1. The van der Waals surface area contributed by atoms with Gasteiger partial charge in [0.15, 0.2) is 11.5 Å². The molecule has 2 amide bonds. The summed E-state index contributed by atoms with van der Waals surface area (Å²) in [5.41, 5.74) is -0.248. The Balaban J connectivity index is 1.97. The van der Waals surface area contributed by atoms with Crippen LogP contribution in [0.15, 0.2) is 47.4 Å². The molecule has 0 saturated carbocycles. The van der Waals surface area contributed by atoms with Crippen molar-refractivity contribution in [3.8, 4) is 11.5 Å². The van der Waals surface area contributed by atoms with Crippen molar-refractivity contribution in [2.45, 2.75) is 4.90 Å². The molecular formula is C21H24FN3O6S. The summed E-state index contributed by atoms with van der Waals surface area (Å²) >= 11 is 0. The van der Waals surface area contributed by atoms with Gasteiger partial charge in [0, 0.05) is 32.2 Å². The molecule has 2 aromatic carbocycles. The number of carbonyl (C=O) groups is 2. The maximum absolute atomic E-state index is 14.6. The molecule has 0 aromatic heterocycles. The van der Waals surface area contributed by atoms with Gasteiger partial charge in [-0.1, -0.05) is 12.1 Å². The SMILES string of the molecule is COc1ccc(S(=O)(=O)N(CC(=O)N2CCN(C=O)CC2)c2ccccc2F)cc1OC. The highest BCUT2D eigenvalue weighted by Gasteiger charge is 2.32. The Hall–Kier alpha value is -3.34. The lowest BCUT2D eigenvalue weighted by Gasteiger charge is -2.34. The Morgan fingerprint density at radius 2 is 1.72 bits per heavy atom. The fourth-order valence-corrected chi connectivity index (χ4v) is 4.80. The Bertz CT molecular complexity index is 1090. The first-order valence-corrected chi connectivity index (χ1v) is 11.2. The predicted molar refractivity (Wildman–Crippen MR) is 115 cm³/mol. The Kier molecular flexibility index (Phi) is 7.18. The first kappa shape index (κ1) is 23.3. The number of nitrogens with zero attached hydrogens (tertiary/aromatic N) is 3. The molecule has 0 atom stereocenters. The number of methoxy groups -OCH3 is 2. The number of carbonyl (C=O) groups excluding carboxylic acids is 2. The first-order chi connectivity index (χ1) is 15.3. The van der Waals surface area contributed by atoms with Crippen molar-refractivity contribution in [3.63, 3.8) is 0 Å². The molecule has 2 aromatic rings. The van der Waals surface area contributed by atoms with Crippen molar-refractivity contribution in [3.05, 3.63) is 48.3 Å². The zero-order valence-electron chi connectivity index (χ0n) is 17.7. The van der Waals surface area contributed by atoms with Crippen LogP contribution in [-0.2, 0) is 19.6 Å². The van der Waals surface area contributed by atoms with E-state index in [2.05, 4.69) is 0 Å². The summed E-state index contributed by atoms with van der Waals surface area (Å²) in [6, 6.07) is 9.33.